The first-order valence-corrected chi connectivity index (χ1v) is 16.2. The first-order chi connectivity index (χ1) is 20.3. The third kappa shape index (κ3) is 7.40. The molecule has 14 heteroatoms. The van der Waals surface area contributed by atoms with Gasteiger partial charge in [0.25, 0.3) is 5.91 Å². The number of aliphatic hydroxyl groups is 1. The Bertz CT molecular complexity index is 1590. The normalized spacial score (nSPS) is 17.2. The summed E-state index contributed by atoms with van der Waals surface area (Å²) in [6.07, 6.45) is -1.80. The molecule has 1 aromatic heterocycles. The van der Waals surface area contributed by atoms with E-state index in [-0.39, 0.29) is 30.8 Å². The van der Waals surface area contributed by atoms with Crippen molar-refractivity contribution in [2.45, 2.75) is 51.2 Å². The smallest absolute Gasteiger partial charge is 0.390 e. The molecule has 0 saturated carbocycles. The molecule has 0 spiro atoms. The molecule has 232 valence electrons. The van der Waals surface area contributed by atoms with Gasteiger partial charge in [0, 0.05) is 60.0 Å². The van der Waals surface area contributed by atoms with Gasteiger partial charge in [0.2, 0.25) is 10.0 Å². The maximum atomic E-state index is 14.0. The fraction of sp³-hybridized carbons (Fsp3) is 0.448. The van der Waals surface area contributed by atoms with Gasteiger partial charge in [-0.1, -0.05) is 17.7 Å². The second-order valence-electron chi connectivity index (χ2n) is 11.0. The summed E-state index contributed by atoms with van der Waals surface area (Å²) in [5.74, 6) is -0.562. The van der Waals surface area contributed by atoms with E-state index in [4.69, 9.17) is 16.7 Å². The summed E-state index contributed by atoms with van der Waals surface area (Å²) in [4.78, 5) is 14.8. The minimum atomic E-state index is -4.68. The van der Waals surface area contributed by atoms with Crippen molar-refractivity contribution in [2.24, 2.45) is 0 Å². The van der Waals surface area contributed by atoms with Crippen molar-refractivity contribution in [2.75, 3.05) is 32.4 Å². The number of hydrogen-bond donors (Lipinski definition) is 2. The van der Waals surface area contributed by atoms with Gasteiger partial charge < -0.3 is 15.3 Å². The summed E-state index contributed by atoms with van der Waals surface area (Å²) >= 11 is 5.87. The monoisotopic (exact) mass is 639 g/mol. The highest BCUT2D eigenvalue weighted by molar-refractivity contribution is 7.88. The maximum absolute atomic E-state index is 14.0. The number of nitrogens with zero attached hydrogens (tertiary/aromatic N) is 4. The Balaban J connectivity index is 1.48. The van der Waals surface area contributed by atoms with Gasteiger partial charge in [-0.15, -0.1) is 0 Å². The van der Waals surface area contributed by atoms with Gasteiger partial charge in [-0.3, -0.25) is 9.48 Å². The number of fused-ring (bicyclic) bond motifs is 1. The third-order valence-corrected chi connectivity index (χ3v) is 9.35. The van der Waals surface area contributed by atoms with Crippen LogP contribution < -0.4 is 5.32 Å². The van der Waals surface area contributed by atoms with Gasteiger partial charge >= 0.3 is 6.18 Å². The predicted molar refractivity (Wildman–Crippen MR) is 156 cm³/mol. The molecule has 1 unspecified atom stereocenters. The van der Waals surface area contributed by atoms with E-state index in [0.29, 0.717) is 34.8 Å². The second-order valence-corrected chi connectivity index (χ2v) is 13.4. The number of rotatable bonds is 9. The molecule has 2 aliphatic rings. The first-order valence-electron chi connectivity index (χ1n) is 14.0. The van der Waals surface area contributed by atoms with E-state index >= 15 is 0 Å². The summed E-state index contributed by atoms with van der Waals surface area (Å²) < 4.78 is 69.7. The maximum Gasteiger partial charge on any atom is 0.416 e. The van der Waals surface area contributed by atoms with Crippen LogP contribution in [0, 0.1) is 0 Å². The first kappa shape index (κ1) is 31.5. The molecule has 2 N–H and O–H groups in total. The Morgan fingerprint density at radius 3 is 2.44 bits per heavy atom. The molecule has 5 rings (SSSR count). The quantitative estimate of drug-likeness (QED) is 0.368. The highest BCUT2D eigenvalue weighted by Crippen LogP contribution is 2.37. The summed E-state index contributed by atoms with van der Waals surface area (Å²) in [5, 5.41) is 18.5. The van der Waals surface area contributed by atoms with Crippen LogP contribution in [0.5, 0.6) is 0 Å². The molecule has 2 aliphatic heterocycles. The lowest BCUT2D eigenvalue weighted by atomic mass is 9.97. The van der Waals surface area contributed by atoms with E-state index in [2.05, 4.69) is 10.2 Å². The average molecular weight is 640 g/mol. The van der Waals surface area contributed by atoms with Gasteiger partial charge in [-0.05, 0) is 67.9 Å². The summed E-state index contributed by atoms with van der Waals surface area (Å²) in [6, 6.07) is 9.56. The third-order valence-electron chi connectivity index (χ3n) is 7.85. The van der Waals surface area contributed by atoms with Crippen LogP contribution in [0.3, 0.4) is 0 Å². The van der Waals surface area contributed by atoms with Crippen molar-refractivity contribution >= 4 is 27.5 Å². The minimum absolute atomic E-state index is 0.00930. The van der Waals surface area contributed by atoms with Crippen LogP contribution in [0.25, 0.3) is 11.3 Å². The Hall–Kier alpha value is -2.97. The fourth-order valence-corrected chi connectivity index (χ4v) is 6.61. The summed E-state index contributed by atoms with van der Waals surface area (Å²) in [6.45, 7) is 2.29. The fourth-order valence-electron chi connectivity index (χ4n) is 5.70. The molecule has 9 nitrogen and oxygen atoms in total. The topological polar surface area (TPSA) is 108 Å². The molecular weight excluding hydrogens is 607 g/mol. The molecular formula is C29H33ClF3N5O4S. The van der Waals surface area contributed by atoms with Crippen LogP contribution in [0.1, 0.15) is 45.6 Å². The van der Waals surface area contributed by atoms with Gasteiger partial charge in [-0.2, -0.15) is 22.6 Å². The molecule has 1 amide bonds. The second kappa shape index (κ2) is 12.6. The largest absolute Gasteiger partial charge is 0.416 e. The molecule has 43 heavy (non-hydrogen) atoms. The zero-order valence-electron chi connectivity index (χ0n) is 23.6. The molecule has 0 aliphatic carbocycles. The number of alkyl halides is 3. The number of β-amino-alcohol motifs (C(OH)–C–C–N with tert-alkyl or cyclic N) is 1. The Labute approximate surface area is 253 Å². The van der Waals surface area contributed by atoms with E-state index in [0.717, 1.165) is 43.9 Å². The van der Waals surface area contributed by atoms with Crippen molar-refractivity contribution in [3.63, 3.8) is 0 Å². The number of carbonyl (C=O) groups excluding carboxylic acids is 1. The van der Waals surface area contributed by atoms with E-state index in [1.807, 2.05) is 0 Å². The van der Waals surface area contributed by atoms with E-state index < -0.39 is 40.3 Å². The van der Waals surface area contributed by atoms with Crippen molar-refractivity contribution in [1.29, 1.82) is 0 Å². The van der Waals surface area contributed by atoms with Gasteiger partial charge in [0.05, 0.1) is 30.2 Å². The van der Waals surface area contributed by atoms with Gasteiger partial charge in [0.1, 0.15) is 0 Å². The zero-order valence-corrected chi connectivity index (χ0v) is 25.1. The van der Waals surface area contributed by atoms with Crippen molar-refractivity contribution in [3.05, 3.63) is 75.4 Å². The average Bonchev–Trinajstić information content (AvgIpc) is 3.58. The van der Waals surface area contributed by atoms with Crippen LogP contribution in [-0.4, -0.2) is 77.0 Å². The Morgan fingerprint density at radius 1 is 1.09 bits per heavy atom. The molecule has 3 heterocycles. The number of amides is 1. The number of halogens is 4. The number of hydrogen-bond acceptors (Lipinski definition) is 6. The van der Waals surface area contributed by atoms with Crippen molar-refractivity contribution in [1.82, 2.24) is 24.3 Å². The van der Waals surface area contributed by atoms with Gasteiger partial charge in [-0.25, -0.2) is 8.42 Å². The minimum Gasteiger partial charge on any atom is -0.390 e. The van der Waals surface area contributed by atoms with Gasteiger partial charge in [0.15, 0.2) is 0 Å². The van der Waals surface area contributed by atoms with E-state index in [1.165, 1.54) is 40.7 Å². The highest BCUT2D eigenvalue weighted by Gasteiger charge is 2.35. The SMILES string of the molecule is CS(=O)(=O)N1CCc2c(c(-c3ccc(C(F)(F)F)c(CNC(=O)c4ccc(Cl)cc4)c3)nn2CC(O)CN2CCCC2)C1. The number of aliphatic hydroxyl groups excluding tert-OH is 1. The van der Waals surface area contributed by atoms with Crippen LogP contribution >= 0.6 is 11.6 Å². The molecule has 1 saturated heterocycles. The van der Waals surface area contributed by atoms with Crippen LogP contribution in [0.4, 0.5) is 13.2 Å². The summed E-state index contributed by atoms with van der Waals surface area (Å²) in [7, 11) is -3.54. The molecule has 3 aromatic rings. The Morgan fingerprint density at radius 2 is 1.79 bits per heavy atom. The lowest BCUT2D eigenvalue weighted by Gasteiger charge is -2.26. The highest BCUT2D eigenvalue weighted by atomic mass is 35.5. The predicted octanol–water partition coefficient (Wildman–Crippen LogP) is 3.93. The lowest BCUT2D eigenvalue weighted by molar-refractivity contribution is -0.138. The van der Waals surface area contributed by atoms with E-state index in [9.17, 15) is 31.5 Å². The molecule has 1 atom stereocenters. The molecule has 1 fully saturated rings. The lowest BCUT2D eigenvalue weighted by Crippen LogP contribution is -2.37. The number of sulfonamides is 1. The number of likely N-dealkylation sites (tertiary alicyclic amines) is 1. The molecule has 0 bridgehead atoms. The zero-order chi connectivity index (χ0) is 30.9. The standard InChI is InChI=1S/C29H33ClF3N5O4S/c1-43(41,42)37-13-10-26-24(18-37)27(35-38(26)17-23(39)16-36-11-2-3-12-36)20-6-9-25(29(31,32)33)21(14-20)15-34-28(40)19-4-7-22(30)8-5-19/h4-9,14,23,39H,2-3,10-13,15-18H2,1H3,(H,34,40). The number of benzene rings is 2. The summed E-state index contributed by atoms with van der Waals surface area (Å²) in [5.41, 5.74) is 1.20. The van der Waals surface area contributed by atoms with Crippen LogP contribution in [0.15, 0.2) is 42.5 Å². The number of aromatic nitrogens is 2. The molecule has 2 aromatic carbocycles. The Kier molecular flexibility index (Phi) is 9.19. The van der Waals surface area contributed by atoms with Crippen molar-refractivity contribution in [3.8, 4) is 11.3 Å². The number of nitrogens with one attached hydrogen (secondary N) is 1. The molecule has 0 radical (unpaired) electrons. The van der Waals surface area contributed by atoms with Crippen LogP contribution in [-0.2, 0) is 42.3 Å². The van der Waals surface area contributed by atoms with Crippen molar-refractivity contribution < 1.29 is 31.5 Å². The number of carbonyl (C=O) groups is 1. The van der Waals surface area contributed by atoms with Crippen LogP contribution in [0.2, 0.25) is 5.02 Å². The van der Waals surface area contributed by atoms with E-state index in [1.54, 1.807) is 4.68 Å².